The Balaban J connectivity index is 1.88. The fraction of sp³-hybridized carbons (Fsp3) is 0.316. The number of amides is 1. The predicted molar refractivity (Wildman–Crippen MR) is 107 cm³/mol. The molecule has 28 heavy (non-hydrogen) atoms. The highest BCUT2D eigenvalue weighted by molar-refractivity contribution is 7.89. The highest BCUT2D eigenvalue weighted by Gasteiger charge is 2.28. The number of carbonyl (C=O) groups is 1. The summed E-state index contributed by atoms with van der Waals surface area (Å²) in [6, 6.07) is 9.07. The zero-order chi connectivity index (χ0) is 20.3. The molecule has 0 radical (unpaired) electrons. The molecular formula is C19H21ClN2O5S. The second-order valence-electron chi connectivity index (χ2n) is 6.28. The minimum absolute atomic E-state index is 0.0521. The predicted octanol–water partition coefficient (Wildman–Crippen LogP) is 3.39. The Morgan fingerprint density at radius 3 is 2.36 bits per heavy atom. The summed E-state index contributed by atoms with van der Waals surface area (Å²) in [5.41, 5.74) is 0.545. The molecule has 3 rings (SSSR count). The van der Waals surface area contributed by atoms with Crippen molar-refractivity contribution in [2.75, 3.05) is 32.6 Å². The van der Waals surface area contributed by atoms with Crippen LogP contribution < -0.4 is 14.8 Å². The van der Waals surface area contributed by atoms with Gasteiger partial charge in [-0.1, -0.05) is 11.6 Å². The van der Waals surface area contributed by atoms with Gasteiger partial charge in [-0.05, 0) is 43.2 Å². The summed E-state index contributed by atoms with van der Waals surface area (Å²) in [6.45, 7) is 0.969. The van der Waals surface area contributed by atoms with E-state index >= 15 is 0 Å². The highest BCUT2D eigenvalue weighted by Crippen LogP contribution is 2.31. The Bertz CT molecular complexity index is 988. The van der Waals surface area contributed by atoms with E-state index in [-0.39, 0.29) is 15.5 Å². The number of anilines is 1. The van der Waals surface area contributed by atoms with Gasteiger partial charge < -0.3 is 14.8 Å². The standard InChI is InChI=1S/C19H21ClN2O5S/c1-26-17-8-5-13(11-18(17)27-2)21-19(23)15-12-14(6-7-16(15)20)28(24,25)22-9-3-4-10-22/h5-8,11-12H,3-4,9-10H2,1-2H3,(H,21,23). The van der Waals surface area contributed by atoms with Crippen LogP contribution in [0.4, 0.5) is 5.69 Å². The van der Waals surface area contributed by atoms with Gasteiger partial charge in [0.15, 0.2) is 11.5 Å². The third kappa shape index (κ3) is 4.09. The number of ether oxygens (including phenoxy) is 2. The van der Waals surface area contributed by atoms with E-state index in [1.807, 2.05) is 0 Å². The Labute approximate surface area is 169 Å². The van der Waals surface area contributed by atoms with E-state index in [2.05, 4.69) is 5.32 Å². The van der Waals surface area contributed by atoms with Crippen molar-refractivity contribution in [1.29, 1.82) is 0 Å². The largest absolute Gasteiger partial charge is 0.493 e. The average Bonchev–Trinajstić information content (AvgIpc) is 3.23. The monoisotopic (exact) mass is 424 g/mol. The van der Waals surface area contributed by atoms with E-state index in [4.69, 9.17) is 21.1 Å². The molecule has 7 nitrogen and oxygen atoms in total. The first-order valence-electron chi connectivity index (χ1n) is 8.70. The van der Waals surface area contributed by atoms with Gasteiger partial charge in [-0.3, -0.25) is 4.79 Å². The van der Waals surface area contributed by atoms with Crippen molar-refractivity contribution in [3.05, 3.63) is 47.0 Å². The summed E-state index contributed by atoms with van der Waals surface area (Å²) >= 11 is 6.16. The van der Waals surface area contributed by atoms with Gasteiger partial charge in [0.1, 0.15) is 0 Å². The summed E-state index contributed by atoms with van der Waals surface area (Å²) < 4.78 is 37.3. The summed E-state index contributed by atoms with van der Waals surface area (Å²) in [6.07, 6.45) is 1.67. The topological polar surface area (TPSA) is 84.9 Å². The van der Waals surface area contributed by atoms with Crippen LogP contribution in [0.2, 0.25) is 5.02 Å². The maximum atomic E-state index is 12.8. The van der Waals surface area contributed by atoms with Gasteiger partial charge in [0.05, 0.1) is 29.7 Å². The van der Waals surface area contributed by atoms with E-state index in [9.17, 15) is 13.2 Å². The molecule has 1 N–H and O–H groups in total. The Kier molecular flexibility index (Phi) is 6.12. The van der Waals surface area contributed by atoms with Crippen LogP contribution in [0, 0.1) is 0 Å². The van der Waals surface area contributed by atoms with Crippen LogP contribution in [0.5, 0.6) is 11.5 Å². The number of hydrogen-bond donors (Lipinski definition) is 1. The highest BCUT2D eigenvalue weighted by atomic mass is 35.5. The molecule has 1 fully saturated rings. The molecule has 0 aliphatic carbocycles. The lowest BCUT2D eigenvalue weighted by Gasteiger charge is -2.16. The second kappa shape index (κ2) is 8.38. The molecule has 2 aromatic rings. The molecule has 0 aromatic heterocycles. The van der Waals surface area contributed by atoms with Crippen molar-refractivity contribution in [2.45, 2.75) is 17.7 Å². The van der Waals surface area contributed by atoms with Crippen LogP contribution in [-0.2, 0) is 10.0 Å². The molecule has 0 spiro atoms. The minimum atomic E-state index is -3.65. The van der Waals surface area contributed by atoms with Crippen molar-refractivity contribution < 1.29 is 22.7 Å². The Morgan fingerprint density at radius 2 is 1.71 bits per heavy atom. The van der Waals surface area contributed by atoms with E-state index in [0.29, 0.717) is 30.3 Å². The van der Waals surface area contributed by atoms with Crippen molar-refractivity contribution in [3.8, 4) is 11.5 Å². The fourth-order valence-electron chi connectivity index (χ4n) is 3.03. The lowest BCUT2D eigenvalue weighted by atomic mass is 10.2. The number of halogens is 1. The number of nitrogens with one attached hydrogen (secondary N) is 1. The summed E-state index contributed by atoms with van der Waals surface area (Å²) in [4.78, 5) is 12.8. The minimum Gasteiger partial charge on any atom is -0.493 e. The molecule has 9 heteroatoms. The van der Waals surface area contributed by atoms with Gasteiger partial charge in [0.2, 0.25) is 10.0 Å². The number of sulfonamides is 1. The zero-order valence-corrected chi connectivity index (χ0v) is 17.1. The van der Waals surface area contributed by atoms with Crippen LogP contribution >= 0.6 is 11.6 Å². The van der Waals surface area contributed by atoms with Crippen molar-refractivity contribution in [3.63, 3.8) is 0 Å². The van der Waals surface area contributed by atoms with Crippen LogP contribution in [0.1, 0.15) is 23.2 Å². The van der Waals surface area contributed by atoms with Crippen LogP contribution in [0.25, 0.3) is 0 Å². The van der Waals surface area contributed by atoms with Gasteiger partial charge in [-0.15, -0.1) is 0 Å². The van der Waals surface area contributed by atoms with Gasteiger partial charge in [0.25, 0.3) is 5.91 Å². The van der Waals surface area contributed by atoms with Gasteiger partial charge >= 0.3 is 0 Å². The molecule has 1 aliphatic rings. The molecule has 0 unspecified atom stereocenters. The quantitative estimate of drug-likeness (QED) is 0.768. The molecule has 150 valence electrons. The molecule has 2 aromatic carbocycles. The number of rotatable bonds is 6. The average molecular weight is 425 g/mol. The summed E-state index contributed by atoms with van der Waals surface area (Å²) in [5.74, 6) is 0.463. The Morgan fingerprint density at radius 1 is 1.04 bits per heavy atom. The lowest BCUT2D eigenvalue weighted by molar-refractivity contribution is 0.102. The normalized spacial score (nSPS) is 14.7. The number of benzene rings is 2. The first-order chi connectivity index (χ1) is 13.4. The van der Waals surface area contributed by atoms with Gasteiger partial charge in [0, 0.05) is 24.8 Å². The molecule has 0 atom stereocenters. The molecule has 1 amide bonds. The van der Waals surface area contributed by atoms with Gasteiger partial charge in [-0.2, -0.15) is 4.31 Å². The second-order valence-corrected chi connectivity index (χ2v) is 8.62. The van der Waals surface area contributed by atoms with Crippen molar-refractivity contribution in [1.82, 2.24) is 4.31 Å². The Hall–Kier alpha value is -2.29. The fourth-order valence-corrected chi connectivity index (χ4v) is 4.78. The number of hydrogen-bond acceptors (Lipinski definition) is 5. The zero-order valence-electron chi connectivity index (χ0n) is 15.6. The molecular weight excluding hydrogens is 404 g/mol. The van der Waals surface area contributed by atoms with Crippen LogP contribution in [0.15, 0.2) is 41.3 Å². The third-order valence-electron chi connectivity index (χ3n) is 4.53. The number of methoxy groups -OCH3 is 2. The summed E-state index contributed by atoms with van der Waals surface area (Å²) in [7, 11) is -0.637. The van der Waals surface area contributed by atoms with Crippen molar-refractivity contribution in [2.24, 2.45) is 0 Å². The van der Waals surface area contributed by atoms with Gasteiger partial charge in [-0.25, -0.2) is 8.42 Å². The molecule has 1 heterocycles. The maximum absolute atomic E-state index is 12.8. The van der Waals surface area contributed by atoms with E-state index in [0.717, 1.165) is 12.8 Å². The number of nitrogens with zero attached hydrogens (tertiary/aromatic N) is 1. The third-order valence-corrected chi connectivity index (χ3v) is 6.75. The number of carbonyl (C=O) groups excluding carboxylic acids is 1. The maximum Gasteiger partial charge on any atom is 0.257 e. The first kappa shape index (κ1) is 20.4. The van der Waals surface area contributed by atoms with Crippen LogP contribution in [0.3, 0.4) is 0 Å². The molecule has 1 saturated heterocycles. The van der Waals surface area contributed by atoms with Crippen LogP contribution in [-0.4, -0.2) is 45.9 Å². The first-order valence-corrected chi connectivity index (χ1v) is 10.5. The molecule has 0 saturated carbocycles. The molecule has 0 bridgehead atoms. The van der Waals surface area contributed by atoms with E-state index < -0.39 is 15.9 Å². The lowest BCUT2D eigenvalue weighted by Crippen LogP contribution is -2.28. The van der Waals surface area contributed by atoms with E-state index in [1.165, 1.54) is 36.7 Å². The SMILES string of the molecule is COc1ccc(NC(=O)c2cc(S(=O)(=O)N3CCCC3)ccc2Cl)cc1OC. The van der Waals surface area contributed by atoms with Crippen molar-refractivity contribution >= 4 is 33.2 Å². The summed E-state index contributed by atoms with van der Waals surface area (Å²) in [5, 5.41) is 2.87. The van der Waals surface area contributed by atoms with E-state index in [1.54, 1.807) is 18.2 Å². The smallest absolute Gasteiger partial charge is 0.257 e. The molecule has 1 aliphatic heterocycles.